The number of rotatable bonds is 4. The summed E-state index contributed by atoms with van der Waals surface area (Å²) in [6.45, 7) is 5.40. The van der Waals surface area contributed by atoms with Crippen molar-refractivity contribution in [2.24, 2.45) is 0 Å². The lowest BCUT2D eigenvalue weighted by molar-refractivity contribution is 0.103. The molecule has 2 aromatic heterocycles. The number of halogens is 1. The zero-order chi connectivity index (χ0) is 17.4. The fourth-order valence-corrected chi connectivity index (χ4v) is 2.52. The Balaban J connectivity index is 2.21. The van der Waals surface area contributed by atoms with Gasteiger partial charge in [0.05, 0.1) is 35.4 Å². The Bertz CT molecular complexity index is 934. The summed E-state index contributed by atoms with van der Waals surface area (Å²) in [6, 6.07) is 2.64. The Labute approximate surface area is 137 Å². The molecule has 1 aromatic carbocycles. The molecule has 0 bridgehead atoms. The van der Waals surface area contributed by atoms with E-state index in [0.717, 1.165) is 0 Å². The van der Waals surface area contributed by atoms with Crippen LogP contribution in [0.2, 0.25) is 0 Å². The number of nitrogens with two attached hydrogens (primary N) is 1. The SMILES string of the molecule is Cc1ncc(OC(C)C)c(C(=O)c2ccc(F)c3[nH]ncc23)c1N. The molecule has 7 heteroatoms. The van der Waals surface area contributed by atoms with Crippen LogP contribution in [-0.2, 0) is 0 Å². The van der Waals surface area contributed by atoms with E-state index in [1.54, 1.807) is 6.92 Å². The molecule has 0 unspecified atom stereocenters. The van der Waals surface area contributed by atoms with Crippen molar-refractivity contribution in [3.63, 3.8) is 0 Å². The molecule has 0 saturated carbocycles. The van der Waals surface area contributed by atoms with Gasteiger partial charge in [-0.3, -0.25) is 14.9 Å². The summed E-state index contributed by atoms with van der Waals surface area (Å²) >= 11 is 0. The number of hydrogen-bond acceptors (Lipinski definition) is 5. The van der Waals surface area contributed by atoms with Gasteiger partial charge in [-0.05, 0) is 32.9 Å². The summed E-state index contributed by atoms with van der Waals surface area (Å²) in [5.74, 6) is -0.532. The number of hydrogen-bond donors (Lipinski definition) is 2. The minimum absolute atomic E-state index is 0.150. The predicted octanol–water partition coefficient (Wildman–Crippen LogP) is 3.01. The summed E-state index contributed by atoms with van der Waals surface area (Å²) in [5, 5.41) is 6.77. The fourth-order valence-electron chi connectivity index (χ4n) is 2.52. The molecule has 0 saturated heterocycles. The monoisotopic (exact) mass is 328 g/mol. The summed E-state index contributed by atoms with van der Waals surface area (Å²) in [6.07, 6.45) is 2.75. The number of carbonyl (C=O) groups is 1. The van der Waals surface area contributed by atoms with Crippen LogP contribution in [-0.4, -0.2) is 27.1 Å². The molecule has 0 radical (unpaired) electrons. The average molecular weight is 328 g/mol. The van der Waals surface area contributed by atoms with E-state index in [-0.39, 0.29) is 28.7 Å². The van der Waals surface area contributed by atoms with E-state index in [0.29, 0.717) is 22.4 Å². The normalized spacial score (nSPS) is 11.2. The van der Waals surface area contributed by atoms with Crippen molar-refractivity contribution in [2.75, 3.05) is 5.73 Å². The van der Waals surface area contributed by atoms with Gasteiger partial charge in [0.25, 0.3) is 0 Å². The second-order valence-electron chi connectivity index (χ2n) is 5.75. The number of H-pyrrole nitrogens is 1. The maximum atomic E-state index is 13.8. The van der Waals surface area contributed by atoms with Crippen LogP contribution in [0, 0.1) is 12.7 Å². The third-order valence-electron chi connectivity index (χ3n) is 3.68. The van der Waals surface area contributed by atoms with Gasteiger partial charge < -0.3 is 10.5 Å². The second-order valence-corrected chi connectivity index (χ2v) is 5.75. The standard InChI is InChI=1S/C17H17FN4O2/c1-8(2)24-13-7-20-9(3)15(19)14(13)17(23)10-4-5-12(18)16-11(10)6-21-22-16/h4-8H,19H2,1-3H3,(H,21,22). The minimum atomic E-state index is -0.475. The number of ketones is 1. The first-order chi connectivity index (χ1) is 11.4. The number of nitrogen functional groups attached to an aromatic ring is 1. The van der Waals surface area contributed by atoms with Crippen molar-refractivity contribution in [3.8, 4) is 5.75 Å². The molecule has 0 amide bonds. The highest BCUT2D eigenvalue weighted by atomic mass is 19.1. The van der Waals surface area contributed by atoms with E-state index >= 15 is 0 Å². The van der Waals surface area contributed by atoms with Crippen LogP contribution < -0.4 is 10.5 Å². The van der Waals surface area contributed by atoms with Crippen LogP contribution in [0.5, 0.6) is 5.75 Å². The highest BCUT2D eigenvalue weighted by Crippen LogP contribution is 2.31. The van der Waals surface area contributed by atoms with Gasteiger partial charge in [-0.15, -0.1) is 0 Å². The van der Waals surface area contributed by atoms with Gasteiger partial charge >= 0.3 is 0 Å². The molecule has 0 aliphatic heterocycles. The largest absolute Gasteiger partial charge is 0.489 e. The molecule has 124 valence electrons. The summed E-state index contributed by atoms with van der Waals surface area (Å²) in [7, 11) is 0. The van der Waals surface area contributed by atoms with Gasteiger partial charge in [-0.25, -0.2) is 4.39 Å². The van der Waals surface area contributed by atoms with E-state index < -0.39 is 5.82 Å². The van der Waals surface area contributed by atoms with Crippen LogP contribution in [0.3, 0.4) is 0 Å². The van der Waals surface area contributed by atoms with E-state index in [2.05, 4.69) is 15.2 Å². The Kier molecular flexibility index (Phi) is 3.92. The maximum absolute atomic E-state index is 13.8. The molecule has 0 aliphatic carbocycles. The Hall–Kier alpha value is -2.96. The van der Waals surface area contributed by atoms with Gasteiger partial charge in [-0.1, -0.05) is 0 Å². The molecule has 3 rings (SSSR count). The highest BCUT2D eigenvalue weighted by molar-refractivity contribution is 6.19. The molecule has 0 spiro atoms. The Morgan fingerprint density at radius 3 is 2.79 bits per heavy atom. The van der Waals surface area contributed by atoms with Gasteiger partial charge in [0, 0.05) is 10.9 Å². The number of aryl methyl sites for hydroxylation is 1. The van der Waals surface area contributed by atoms with E-state index in [1.807, 2.05) is 13.8 Å². The van der Waals surface area contributed by atoms with Crippen molar-refractivity contribution >= 4 is 22.4 Å². The Morgan fingerprint density at radius 2 is 2.08 bits per heavy atom. The first-order valence-electron chi connectivity index (χ1n) is 7.48. The topological polar surface area (TPSA) is 93.9 Å². The van der Waals surface area contributed by atoms with Crippen LogP contribution in [0.4, 0.5) is 10.1 Å². The van der Waals surface area contributed by atoms with Gasteiger partial charge in [0.15, 0.2) is 11.5 Å². The lowest BCUT2D eigenvalue weighted by Crippen LogP contribution is -2.14. The number of aromatic amines is 1. The number of carbonyl (C=O) groups excluding carboxylic acids is 1. The summed E-state index contributed by atoms with van der Waals surface area (Å²) in [5.41, 5.74) is 7.56. The number of pyridine rings is 1. The van der Waals surface area contributed by atoms with Crippen LogP contribution in [0.25, 0.3) is 10.9 Å². The third kappa shape index (κ3) is 2.58. The van der Waals surface area contributed by atoms with Gasteiger partial charge in [0.2, 0.25) is 0 Å². The fraction of sp³-hybridized carbons (Fsp3) is 0.235. The lowest BCUT2D eigenvalue weighted by Gasteiger charge is -2.16. The van der Waals surface area contributed by atoms with E-state index in [4.69, 9.17) is 10.5 Å². The first kappa shape index (κ1) is 15.9. The molecule has 0 atom stereocenters. The molecule has 3 aromatic rings. The number of aromatic nitrogens is 3. The molecule has 24 heavy (non-hydrogen) atoms. The number of benzene rings is 1. The zero-order valence-corrected chi connectivity index (χ0v) is 13.6. The number of ether oxygens (including phenoxy) is 1. The van der Waals surface area contributed by atoms with Gasteiger partial charge in [-0.2, -0.15) is 5.10 Å². The van der Waals surface area contributed by atoms with Crippen molar-refractivity contribution in [1.82, 2.24) is 15.2 Å². The summed E-state index contributed by atoms with van der Waals surface area (Å²) in [4.78, 5) is 17.2. The number of nitrogens with zero attached hydrogens (tertiary/aromatic N) is 2. The van der Waals surface area contributed by atoms with E-state index in [9.17, 15) is 9.18 Å². The zero-order valence-electron chi connectivity index (χ0n) is 13.6. The highest BCUT2D eigenvalue weighted by Gasteiger charge is 2.23. The maximum Gasteiger partial charge on any atom is 0.199 e. The van der Waals surface area contributed by atoms with Crippen molar-refractivity contribution in [1.29, 1.82) is 0 Å². The van der Waals surface area contributed by atoms with Crippen LogP contribution >= 0.6 is 0 Å². The van der Waals surface area contributed by atoms with Crippen molar-refractivity contribution in [2.45, 2.75) is 26.9 Å². The van der Waals surface area contributed by atoms with Crippen molar-refractivity contribution < 1.29 is 13.9 Å². The minimum Gasteiger partial charge on any atom is -0.489 e. The van der Waals surface area contributed by atoms with Gasteiger partial charge in [0.1, 0.15) is 11.3 Å². The third-order valence-corrected chi connectivity index (χ3v) is 3.68. The molecule has 0 aliphatic rings. The average Bonchev–Trinajstić information content (AvgIpc) is 3.01. The molecule has 2 heterocycles. The number of anilines is 1. The Morgan fingerprint density at radius 1 is 1.33 bits per heavy atom. The molecular formula is C17H17FN4O2. The second kappa shape index (κ2) is 5.92. The van der Waals surface area contributed by atoms with Crippen molar-refractivity contribution in [3.05, 3.63) is 47.2 Å². The lowest BCUT2D eigenvalue weighted by atomic mass is 9.98. The molecule has 6 nitrogen and oxygen atoms in total. The predicted molar refractivity (Wildman–Crippen MR) is 88.6 cm³/mol. The number of fused-ring (bicyclic) bond motifs is 1. The smallest absolute Gasteiger partial charge is 0.199 e. The molecule has 0 fully saturated rings. The molecule has 3 N–H and O–H groups in total. The molecular weight excluding hydrogens is 311 g/mol. The summed E-state index contributed by atoms with van der Waals surface area (Å²) < 4.78 is 19.5. The quantitative estimate of drug-likeness (QED) is 0.718. The number of nitrogens with one attached hydrogen (secondary N) is 1. The van der Waals surface area contributed by atoms with E-state index in [1.165, 1.54) is 24.5 Å². The van der Waals surface area contributed by atoms with Crippen LogP contribution in [0.15, 0.2) is 24.5 Å². The first-order valence-corrected chi connectivity index (χ1v) is 7.48. The van der Waals surface area contributed by atoms with Crippen LogP contribution in [0.1, 0.15) is 35.5 Å².